The van der Waals surface area contributed by atoms with Crippen molar-refractivity contribution in [3.05, 3.63) is 65.2 Å². The quantitative estimate of drug-likeness (QED) is 0.794. The van der Waals surface area contributed by atoms with Gasteiger partial charge < -0.3 is 15.0 Å². The molecule has 1 fully saturated rings. The minimum atomic E-state index is -0.243. The van der Waals surface area contributed by atoms with E-state index < -0.39 is 0 Å². The first kappa shape index (κ1) is 19.0. The van der Waals surface area contributed by atoms with Crippen molar-refractivity contribution in [1.29, 1.82) is 0 Å². The predicted octanol–water partition coefficient (Wildman–Crippen LogP) is 4.47. The van der Waals surface area contributed by atoms with Gasteiger partial charge in [-0.15, -0.1) is 0 Å². The summed E-state index contributed by atoms with van der Waals surface area (Å²) >= 11 is 0. The van der Waals surface area contributed by atoms with Gasteiger partial charge in [0.25, 0.3) is 0 Å². The molecule has 3 rings (SSSR count). The Morgan fingerprint density at radius 3 is 2.67 bits per heavy atom. The van der Waals surface area contributed by atoms with Gasteiger partial charge in [0.2, 0.25) is 0 Å². The largest absolute Gasteiger partial charge is 0.466 e. The lowest BCUT2D eigenvalue weighted by Gasteiger charge is -2.25. The van der Waals surface area contributed by atoms with Crippen LogP contribution >= 0.6 is 0 Å². The van der Waals surface area contributed by atoms with E-state index in [1.807, 2.05) is 35.2 Å². The van der Waals surface area contributed by atoms with Crippen molar-refractivity contribution in [2.45, 2.75) is 39.2 Å². The van der Waals surface area contributed by atoms with E-state index in [1.165, 1.54) is 11.1 Å². The summed E-state index contributed by atoms with van der Waals surface area (Å²) in [5.74, 6) is -0.243. The fraction of sp³-hybridized carbons (Fsp3) is 0.364. The Labute approximate surface area is 160 Å². The van der Waals surface area contributed by atoms with Crippen LogP contribution in [0.15, 0.2) is 48.5 Å². The zero-order valence-corrected chi connectivity index (χ0v) is 15.9. The molecule has 0 aliphatic carbocycles. The van der Waals surface area contributed by atoms with Gasteiger partial charge in [0, 0.05) is 12.2 Å². The molecule has 1 N–H and O–H groups in total. The third-order valence-corrected chi connectivity index (χ3v) is 4.80. The lowest BCUT2D eigenvalue weighted by molar-refractivity contribution is -0.142. The third-order valence-electron chi connectivity index (χ3n) is 4.80. The molecule has 2 amide bonds. The highest BCUT2D eigenvalue weighted by molar-refractivity contribution is 5.90. The summed E-state index contributed by atoms with van der Waals surface area (Å²) in [6.45, 7) is 5.00. The van der Waals surface area contributed by atoms with Crippen LogP contribution in [0.1, 0.15) is 42.5 Å². The Kier molecular flexibility index (Phi) is 6.12. The highest BCUT2D eigenvalue weighted by Crippen LogP contribution is 2.32. The maximum absolute atomic E-state index is 12.8. The standard InChI is InChI=1S/C22H26N2O3/c1-3-27-21(25)15-17-9-11-19(12-10-17)23-22(26)24-13-5-8-20(24)18-7-4-6-16(2)14-18/h4,6-7,9-12,14,20H,3,5,8,13,15H2,1-2H3,(H,23,26)/t20-/m1/s1. The van der Waals surface area contributed by atoms with Crippen LogP contribution < -0.4 is 5.32 Å². The number of aryl methyl sites for hydroxylation is 1. The van der Waals surface area contributed by atoms with E-state index in [1.54, 1.807) is 6.92 Å². The lowest BCUT2D eigenvalue weighted by Crippen LogP contribution is -2.34. The minimum Gasteiger partial charge on any atom is -0.466 e. The monoisotopic (exact) mass is 366 g/mol. The number of nitrogens with one attached hydrogen (secondary N) is 1. The van der Waals surface area contributed by atoms with E-state index in [2.05, 4.69) is 30.4 Å². The van der Waals surface area contributed by atoms with Crippen LogP contribution in [0, 0.1) is 6.92 Å². The van der Waals surface area contributed by atoms with E-state index in [0.717, 1.165) is 30.6 Å². The summed E-state index contributed by atoms with van der Waals surface area (Å²) in [7, 11) is 0. The van der Waals surface area contributed by atoms with Crippen molar-refractivity contribution in [2.75, 3.05) is 18.5 Å². The second kappa shape index (κ2) is 8.71. The molecule has 0 aromatic heterocycles. The molecule has 0 saturated carbocycles. The molecule has 2 aromatic rings. The van der Waals surface area contributed by atoms with Crippen LogP contribution in [0.5, 0.6) is 0 Å². The van der Waals surface area contributed by atoms with Gasteiger partial charge >= 0.3 is 12.0 Å². The van der Waals surface area contributed by atoms with Gasteiger partial charge in [-0.3, -0.25) is 4.79 Å². The SMILES string of the molecule is CCOC(=O)Cc1ccc(NC(=O)N2CCC[C@@H]2c2cccc(C)c2)cc1. The number of hydrogen-bond donors (Lipinski definition) is 1. The van der Waals surface area contributed by atoms with Gasteiger partial charge in [0.05, 0.1) is 19.1 Å². The first-order valence-electron chi connectivity index (χ1n) is 9.45. The maximum atomic E-state index is 12.8. The Morgan fingerprint density at radius 2 is 1.96 bits per heavy atom. The highest BCUT2D eigenvalue weighted by Gasteiger charge is 2.30. The van der Waals surface area contributed by atoms with Crippen molar-refractivity contribution >= 4 is 17.7 Å². The van der Waals surface area contributed by atoms with Gasteiger partial charge in [-0.05, 0) is 49.9 Å². The van der Waals surface area contributed by atoms with Crippen molar-refractivity contribution < 1.29 is 14.3 Å². The molecule has 0 bridgehead atoms. The molecule has 1 aliphatic heterocycles. The van der Waals surface area contributed by atoms with Gasteiger partial charge in [0.1, 0.15) is 0 Å². The van der Waals surface area contributed by atoms with Crippen LogP contribution in [0.4, 0.5) is 10.5 Å². The molecular formula is C22H26N2O3. The second-order valence-electron chi connectivity index (χ2n) is 6.87. The number of hydrogen-bond acceptors (Lipinski definition) is 3. The van der Waals surface area contributed by atoms with E-state index in [-0.39, 0.29) is 24.5 Å². The molecule has 2 aromatic carbocycles. The zero-order valence-electron chi connectivity index (χ0n) is 15.9. The Balaban J connectivity index is 1.63. The number of esters is 1. The van der Waals surface area contributed by atoms with E-state index in [9.17, 15) is 9.59 Å². The number of ether oxygens (including phenoxy) is 1. The third kappa shape index (κ3) is 4.88. The van der Waals surface area contributed by atoms with E-state index in [0.29, 0.717) is 6.61 Å². The first-order valence-corrected chi connectivity index (χ1v) is 9.45. The number of carbonyl (C=O) groups is 2. The predicted molar refractivity (Wildman–Crippen MR) is 106 cm³/mol. The topological polar surface area (TPSA) is 58.6 Å². The fourth-order valence-electron chi connectivity index (χ4n) is 3.51. The number of anilines is 1. The number of rotatable bonds is 5. The van der Waals surface area contributed by atoms with Crippen molar-refractivity contribution in [2.24, 2.45) is 0 Å². The molecule has 27 heavy (non-hydrogen) atoms. The summed E-state index contributed by atoms with van der Waals surface area (Å²) in [6.07, 6.45) is 2.23. The molecule has 5 heteroatoms. The van der Waals surface area contributed by atoms with Gasteiger partial charge in [-0.1, -0.05) is 42.0 Å². The molecule has 1 aliphatic rings. The molecule has 1 atom stereocenters. The van der Waals surface area contributed by atoms with Crippen molar-refractivity contribution in [3.63, 3.8) is 0 Å². The van der Waals surface area contributed by atoms with Crippen LogP contribution in [0.25, 0.3) is 0 Å². The Bertz CT molecular complexity index is 801. The summed E-state index contributed by atoms with van der Waals surface area (Å²) in [5.41, 5.74) is 3.98. The summed E-state index contributed by atoms with van der Waals surface area (Å²) < 4.78 is 4.95. The molecule has 0 radical (unpaired) electrons. The number of benzene rings is 2. The van der Waals surface area contributed by atoms with Crippen LogP contribution in [-0.2, 0) is 16.0 Å². The van der Waals surface area contributed by atoms with Gasteiger partial charge in [0.15, 0.2) is 0 Å². The van der Waals surface area contributed by atoms with Crippen LogP contribution in [-0.4, -0.2) is 30.1 Å². The van der Waals surface area contributed by atoms with Crippen LogP contribution in [0.2, 0.25) is 0 Å². The summed E-state index contributed by atoms with van der Waals surface area (Å²) in [5, 5.41) is 2.97. The fourth-order valence-corrected chi connectivity index (χ4v) is 3.51. The Hall–Kier alpha value is -2.82. The number of likely N-dealkylation sites (tertiary alicyclic amines) is 1. The van der Waals surface area contributed by atoms with Gasteiger partial charge in [-0.2, -0.15) is 0 Å². The number of carbonyl (C=O) groups excluding carboxylic acids is 2. The molecular weight excluding hydrogens is 340 g/mol. The molecule has 0 spiro atoms. The number of urea groups is 1. The van der Waals surface area contributed by atoms with E-state index >= 15 is 0 Å². The second-order valence-corrected chi connectivity index (χ2v) is 6.87. The Morgan fingerprint density at radius 1 is 1.19 bits per heavy atom. The van der Waals surface area contributed by atoms with Crippen LogP contribution in [0.3, 0.4) is 0 Å². The average Bonchev–Trinajstić information content (AvgIpc) is 3.13. The highest BCUT2D eigenvalue weighted by atomic mass is 16.5. The minimum absolute atomic E-state index is 0.0860. The normalized spacial score (nSPS) is 16.2. The number of nitrogens with zero attached hydrogens (tertiary/aromatic N) is 1. The summed E-state index contributed by atoms with van der Waals surface area (Å²) in [6, 6.07) is 15.7. The zero-order chi connectivity index (χ0) is 19.2. The lowest BCUT2D eigenvalue weighted by atomic mass is 10.0. The molecule has 0 unspecified atom stereocenters. The van der Waals surface area contributed by atoms with Gasteiger partial charge in [-0.25, -0.2) is 4.79 Å². The maximum Gasteiger partial charge on any atom is 0.322 e. The first-order chi connectivity index (χ1) is 13.1. The molecule has 1 heterocycles. The smallest absolute Gasteiger partial charge is 0.322 e. The van der Waals surface area contributed by atoms with Crippen molar-refractivity contribution in [1.82, 2.24) is 4.90 Å². The molecule has 1 saturated heterocycles. The molecule has 5 nitrogen and oxygen atoms in total. The number of amides is 2. The average molecular weight is 366 g/mol. The molecule has 142 valence electrons. The van der Waals surface area contributed by atoms with Crippen molar-refractivity contribution in [3.8, 4) is 0 Å². The summed E-state index contributed by atoms with van der Waals surface area (Å²) in [4.78, 5) is 26.2. The van der Waals surface area contributed by atoms with E-state index in [4.69, 9.17) is 4.74 Å².